The number of amides is 2. The zero-order chi connectivity index (χ0) is 10.5. The lowest BCUT2D eigenvalue weighted by molar-refractivity contribution is -0.146. The first-order valence-corrected chi connectivity index (χ1v) is 5.02. The van der Waals surface area contributed by atoms with Gasteiger partial charge in [0, 0.05) is 6.54 Å². The Kier molecular flexibility index (Phi) is 1.84. The molecule has 0 spiro atoms. The maximum absolute atomic E-state index is 11.8. The number of rotatable bonds is 0. The van der Waals surface area contributed by atoms with Gasteiger partial charge in [0.25, 0.3) is 0 Å². The minimum atomic E-state index is -0.354. The zero-order valence-electron chi connectivity index (χ0n) is 8.83. The molecule has 0 aromatic carbocycles. The van der Waals surface area contributed by atoms with E-state index in [1.54, 1.807) is 11.8 Å². The van der Waals surface area contributed by atoms with Gasteiger partial charge in [-0.1, -0.05) is 13.8 Å². The van der Waals surface area contributed by atoms with Crippen molar-refractivity contribution in [3.05, 3.63) is 0 Å². The molecule has 4 heteroatoms. The van der Waals surface area contributed by atoms with Crippen LogP contribution in [0.25, 0.3) is 0 Å². The van der Waals surface area contributed by atoms with Crippen LogP contribution in [0.1, 0.15) is 27.2 Å². The average molecular weight is 196 g/mol. The Balaban J connectivity index is 2.26. The Morgan fingerprint density at radius 3 is 2.71 bits per heavy atom. The Bertz CT molecular complexity index is 298. The highest BCUT2D eigenvalue weighted by Gasteiger charge is 2.47. The summed E-state index contributed by atoms with van der Waals surface area (Å²) >= 11 is 0. The molecule has 4 nitrogen and oxygen atoms in total. The number of piperazine rings is 1. The molecule has 0 saturated carbocycles. The van der Waals surface area contributed by atoms with Crippen LogP contribution in [-0.2, 0) is 9.59 Å². The molecule has 2 rings (SSSR count). The van der Waals surface area contributed by atoms with Crippen molar-refractivity contribution in [2.24, 2.45) is 5.41 Å². The quantitative estimate of drug-likeness (QED) is 0.598. The van der Waals surface area contributed by atoms with Gasteiger partial charge in [-0.05, 0) is 18.8 Å². The summed E-state index contributed by atoms with van der Waals surface area (Å²) in [6, 6.07) is -0.582. The summed E-state index contributed by atoms with van der Waals surface area (Å²) in [6.07, 6.45) is 0.775. The van der Waals surface area contributed by atoms with E-state index in [2.05, 4.69) is 19.2 Å². The monoisotopic (exact) mass is 196 g/mol. The van der Waals surface area contributed by atoms with Crippen LogP contribution in [0, 0.1) is 5.41 Å². The Morgan fingerprint density at radius 1 is 1.43 bits per heavy atom. The average Bonchev–Trinajstić information content (AvgIpc) is 2.38. The first-order chi connectivity index (χ1) is 6.41. The van der Waals surface area contributed by atoms with Crippen molar-refractivity contribution in [2.75, 3.05) is 6.54 Å². The van der Waals surface area contributed by atoms with Gasteiger partial charge < -0.3 is 10.2 Å². The molecule has 0 bridgehead atoms. The van der Waals surface area contributed by atoms with Crippen LogP contribution in [0.2, 0.25) is 0 Å². The molecule has 2 unspecified atom stereocenters. The largest absolute Gasteiger partial charge is 0.343 e. The number of nitrogens with one attached hydrogen (secondary N) is 1. The molecule has 2 saturated heterocycles. The van der Waals surface area contributed by atoms with Crippen molar-refractivity contribution >= 4 is 11.8 Å². The molecule has 0 aliphatic carbocycles. The van der Waals surface area contributed by atoms with Crippen molar-refractivity contribution < 1.29 is 9.59 Å². The highest BCUT2D eigenvalue weighted by Crippen LogP contribution is 2.35. The Morgan fingerprint density at radius 2 is 2.07 bits per heavy atom. The number of hydrogen-bond donors (Lipinski definition) is 1. The summed E-state index contributed by atoms with van der Waals surface area (Å²) in [4.78, 5) is 25.1. The van der Waals surface area contributed by atoms with Crippen molar-refractivity contribution in [1.82, 2.24) is 10.2 Å². The van der Waals surface area contributed by atoms with E-state index < -0.39 is 0 Å². The van der Waals surface area contributed by atoms with E-state index in [1.165, 1.54) is 0 Å². The van der Waals surface area contributed by atoms with Crippen LogP contribution in [0.5, 0.6) is 0 Å². The van der Waals surface area contributed by atoms with Gasteiger partial charge >= 0.3 is 0 Å². The smallest absolute Gasteiger partial charge is 0.245 e. The maximum atomic E-state index is 11.8. The standard InChI is InChI=1S/C10H16N2O2/c1-6-9(14)12-5-10(2,3)4-7(12)8(13)11-6/h6-7H,4-5H2,1-3H3,(H,11,13). The number of hydrogen-bond acceptors (Lipinski definition) is 2. The van der Waals surface area contributed by atoms with Crippen molar-refractivity contribution in [3.8, 4) is 0 Å². The van der Waals surface area contributed by atoms with E-state index in [4.69, 9.17) is 0 Å². The van der Waals surface area contributed by atoms with Crippen LogP contribution in [0.4, 0.5) is 0 Å². The lowest BCUT2D eigenvalue weighted by atomic mass is 9.90. The fraction of sp³-hybridized carbons (Fsp3) is 0.800. The molecule has 14 heavy (non-hydrogen) atoms. The molecule has 2 amide bonds. The van der Waals surface area contributed by atoms with Crippen molar-refractivity contribution in [2.45, 2.75) is 39.3 Å². The summed E-state index contributed by atoms with van der Waals surface area (Å²) in [5.74, 6) is 0.0582. The van der Waals surface area contributed by atoms with Gasteiger partial charge in [0.15, 0.2) is 0 Å². The van der Waals surface area contributed by atoms with Gasteiger partial charge in [-0.2, -0.15) is 0 Å². The molecule has 2 heterocycles. The molecule has 1 N–H and O–H groups in total. The molecular formula is C10H16N2O2. The van der Waals surface area contributed by atoms with Crippen LogP contribution in [0.3, 0.4) is 0 Å². The number of carbonyl (C=O) groups excluding carboxylic acids is 2. The van der Waals surface area contributed by atoms with Crippen LogP contribution in [0.15, 0.2) is 0 Å². The highest BCUT2D eigenvalue weighted by atomic mass is 16.2. The second-order valence-electron chi connectivity index (χ2n) is 5.08. The van der Waals surface area contributed by atoms with Crippen LogP contribution in [-0.4, -0.2) is 35.3 Å². The second-order valence-corrected chi connectivity index (χ2v) is 5.08. The third-order valence-electron chi connectivity index (χ3n) is 3.04. The first kappa shape index (κ1) is 9.49. The number of nitrogens with zero attached hydrogens (tertiary/aromatic N) is 1. The molecule has 2 atom stereocenters. The summed E-state index contributed by atoms with van der Waals surface area (Å²) in [5, 5.41) is 2.71. The molecular weight excluding hydrogens is 180 g/mol. The SMILES string of the molecule is CC1NC(=O)C2CC(C)(C)CN2C1=O. The Hall–Kier alpha value is -1.06. The lowest BCUT2D eigenvalue weighted by Crippen LogP contribution is -2.60. The molecule has 78 valence electrons. The highest BCUT2D eigenvalue weighted by molar-refractivity contribution is 5.97. The van der Waals surface area contributed by atoms with E-state index in [0.717, 1.165) is 6.42 Å². The maximum Gasteiger partial charge on any atom is 0.245 e. The van der Waals surface area contributed by atoms with Gasteiger partial charge in [0.2, 0.25) is 11.8 Å². The van der Waals surface area contributed by atoms with E-state index in [0.29, 0.717) is 6.54 Å². The minimum absolute atomic E-state index is 0.00248. The van der Waals surface area contributed by atoms with E-state index in [1.807, 2.05) is 0 Å². The molecule has 2 aliphatic rings. The van der Waals surface area contributed by atoms with Crippen molar-refractivity contribution in [1.29, 1.82) is 0 Å². The fourth-order valence-electron chi connectivity index (χ4n) is 2.36. The second kappa shape index (κ2) is 2.72. The predicted octanol–water partition coefficient (Wildman–Crippen LogP) is 0.132. The lowest BCUT2D eigenvalue weighted by Gasteiger charge is -2.32. The van der Waals surface area contributed by atoms with E-state index in [9.17, 15) is 9.59 Å². The minimum Gasteiger partial charge on any atom is -0.343 e. The normalized spacial score (nSPS) is 35.5. The van der Waals surface area contributed by atoms with Crippen molar-refractivity contribution in [3.63, 3.8) is 0 Å². The summed E-state index contributed by atoms with van der Waals surface area (Å²) in [6.45, 7) is 6.63. The third-order valence-corrected chi connectivity index (χ3v) is 3.04. The third kappa shape index (κ3) is 1.29. The zero-order valence-corrected chi connectivity index (χ0v) is 8.83. The molecule has 0 radical (unpaired) electrons. The van der Waals surface area contributed by atoms with E-state index in [-0.39, 0.29) is 29.3 Å². The summed E-state index contributed by atoms with van der Waals surface area (Å²) < 4.78 is 0. The van der Waals surface area contributed by atoms with Crippen LogP contribution < -0.4 is 5.32 Å². The topological polar surface area (TPSA) is 49.4 Å². The molecule has 2 fully saturated rings. The first-order valence-electron chi connectivity index (χ1n) is 5.02. The predicted molar refractivity (Wildman–Crippen MR) is 51.5 cm³/mol. The molecule has 0 aromatic rings. The molecule has 2 aliphatic heterocycles. The van der Waals surface area contributed by atoms with Gasteiger partial charge in [-0.25, -0.2) is 0 Å². The Labute approximate surface area is 83.6 Å². The summed E-state index contributed by atoms with van der Waals surface area (Å²) in [5.41, 5.74) is 0.0712. The van der Waals surface area contributed by atoms with Gasteiger partial charge in [0.05, 0.1) is 0 Å². The van der Waals surface area contributed by atoms with Gasteiger partial charge in [-0.3, -0.25) is 9.59 Å². The summed E-state index contributed by atoms with van der Waals surface area (Å²) in [7, 11) is 0. The fourth-order valence-corrected chi connectivity index (χ4v) is 2.36. The molecule has 0 aromatic heterocycles. The van der Waals surface area contributed by atoms with Crippen LogP contribution >= 0.6 is 0 Å². The number of fused-ring (bicyclic) bond motifs is 1. The van der Waals surface area contributed by atoms with Gasteiger partial charge in [-0.15, -0.1) is 0 Å². The van der Waals surface area contributed by atoms with Gasteiger partial charge in [0.1, 0.15) is 12.1 Å². The van der Waals surface area contributed by atoms with E-state index >= 15 is 0 Å². The number of carbonyl (C=O) groups is 2.